The van der Waals surface area contributed by atoms with Crippen molar-refractivity contribution in [1.29, 1.82) is 0 Å². The fourth-order valence-corrected chi connectivity index (χ4v) is 1.65. The fourth-order valence-electron chi connectivity index (χ4n) is 0.784. The monoisotopic (exact) mass is 184 g/mol. The quantitative estimate of drug-likeness (QED) is 0.722. The summed E-state index contributed by atoms with van der Waals surface area (Å²) < 4.78 is 0. The van der Waals surface area contributed by atoms with E-state index < -0.39 is 0 Å². The van der Waals surface area contributed by atoms with Crippen molar-refractivity contribution in [2.45, 2.75) is 19.8 Å². The molecule has 0 fully saturated rings. The first kappa shape index (κ1) is 9.35. The van der Waals surface area contributed by atoms with E-state index in [4.69, 9.17) is 5.73 Å². The maximum absolute atomic E-state index is 11.1. The second kappa shape index (κ2) is 3.78. The molecule has 12 heavy (non-hydrogen) atoms. The highest BCUT2D eigenvalue weighted by molar-refractivity contribution is 7.13. The topological polar surface area (TPSA) is 56.0 Å². The van der Waals surface area contributed by atoms with Crippen molar-refractivity contribution in [1.82, 2.24) is 4.98 Å². The lowest BCUT2D eigenvalue weighted by atomic mass is 10.2. The number of rotatable bonds is 3. The Kier molecular flexibility index (Phi) is 2.94. The Morgan fingerprint density at radius 1 is 1.75 bits per heavy atom. The summed E-state index contributed by atoms with van der Waals surface area (Å²) in [6.07, 6.45) is 1.61. The summed E-state index contributed by atoms with van der Waals surface area (Å²) in [6.45, 7) is 4.17. The number of nitrogens with zero attached hydrogens (tertiary/aromatic N) is 1. The van der Waals surface area contributed by atoms with Gasteiger partial charge in [0, 0.05) is 12.1 Å². The maximum Gasteiger partial charge on any atom is 0.187 e. The number of thiazole rings is 1. The van der Waals surface area contributed by atoms with E-state index in [1.165, 1.54) is 11.3 Å². The summed E-state index contributed by atoms with van der Waals surface area (Å²) >= 11 is 1.43. The second-order valence-corrected chi connectivity index (χ2v) is 3.91. The molecule has 2 N–H and O–H groups in total. The van der Waals surface area contributed by atoms with Gasteiger partial charge in [-0.2, -0.15) is 0 Å². The highest BCUT2D eigenvalue weighted by atomic mass is 32.1. The van der Waals surface area contributed by atoms with Crippen LogP contribution in [0.4, 0.5) is 0 Å². The van der Waals surface area contributed by atoms with Crippen LogP contribution in [0.15, 0.2) is 6.20 Å². The Morgan fingerprint density at radius 2 is 2.42 bits per heavy atom. The third-order valence-corrected chi connectivity index (χ3v) is 2.82. The van der Waals surface area contributed by atoms with Gasteiger partial charge in [0.2, 0.25) is 0 Å². The third-order valence-electron chi connectivity index (χ3n) is 1.48. The van der Waals surface area contributed by atoms with Crippen LogP contribution in [0, 0.1) is 0 Å². The van der Waals surface area contributed by atoms with Crippen LogP contribution in [0.25, 0.3) is 0 Å². The zero-order chi connectivity index (χ0) is 9.14. The molecular weight excluding hydrogens is 172 g/mol. The standard InChI is InChI=1S/C8H12N2OS/c1-5(2)8-10-4-7(12-8)6(11)3-9/h4-5H,3,9H2,1-2H3. The number of ketones is 1. The Morgan fingerprint density at radius 3 is 2.83 bits per heavy atom. The van der Waals surface area contributed by atoms with Crippen molar-refractivity contribution in [2.75, 3.05) is 6.54 Å². The first-order valence-electron chi connectivity index (χ1n) is 3.84. The number of carbonyl (C=O) groups is 1. The summed E-state index contributed by atoms with van der Waals surface area (Å²) in [6, 6.07) is 0. The fraction of sp³-hybridized carbons (Fsp3) is 0.500. The van der Waals surface area contributed by atoms with E-state index in [2.05, 4.69) is 18.8 Å². The molecule has 0 aliphatic heterocycles. The molecule has 0 aliphatic rings. The maximum atomic E-state index is 11.1. The Labute approximate surface area is 75.6 Å². The van der Waals surface area contributed by atoms with Crippen LogP contribution in [0.5, 0.6) is 0 Å². The van der Waals surface area contributed by atoms with E-state index in [1.54, 1.807) is 6.20 Å². The minimum Gasteiger partial charge on any atom is -0.324 e. The molecule has 4 heteroatoms. The van der Waals surface area contributed by atoms with Gasteiger partial charge in [-0.1, -0.05) is 13.8 Å². The van der Waals surface area contributed by atoms with Gasteiger partial charge in [-0.05, 0) is 0 Å². The van der Waals surface area contributed by atoms with Crippen molar-refractivity contribution in [3.05, 3.63) is 16.1 Å². The summed E-state index contributed by atoms with van der Waals surface area (Å²) in [4.78, 5) is 15.9. The van der Waals surface area contributed by atoms with Gasteiger partial charge in [0.25, 0.3) is 0 Å². The normalized spacial score (nSPS) is 10.7. The molecule has 0 radical (unpaired) electrons. The van der Waals surface area contributed by atoms with Crippen LogP contribution >= 0.6 is 11.3 Å². The van der Waals surface area contributed by atoms with E-state index in [-0.39, 0.29) is 12.3 Å². The lowest BCUT2D eigenvalue weighted by Crippen LogP contribution is -2.11. The van der Waals surface area contributed by atoms with Crippen LogP contribution in [-0.4, -0.2) is 17.3 Å². The molecule has 1 aromatic heterocycles. The largest absolute Gasteiger partial charge is 0.324 e. The molecular formula is C8H12N2OS. The summed E-state index contributed by atoms with van der Waals surface area (Å²) in [5.41, 5.74) is 5.22. The number of hydrogen-bond acceptors (Lipinski definition) is 4. The molecule has 0 aromatic carbocycles. The molecule has 0 saturated heterocycles. The number of nitrogens with two attached hydrogens (primary N) is 1. The summed E-state index contributed by atoms with van der Waals surface area (Å²) in [5, 5.41) is 0.992. The van der Waals surface area contributed by atoms with Crippen molar-refractivity contribution >= 4 is 17.1 Å². The van der Waals surface area contributed by atoms with Gasteiger partial charge in [-0.3, -0.25) is 4.79 Å². The van der Waals surface area contributed by atoms with Gasteiger partial charge in [0.15, 0.2) is 5.78 Å². The molecule has 1 aromatic rings. The SMILES string of the molecule is CC(C)c1ncc(C(=O)CN)s1. The highest BCUT2D eigenvalue weighted by Crippen LogP contribution is 2.20. The first-order chi connectivity index (χ1) is 5.65. The lowest BCUT2D eigenvalue weighted by Gasteiger charge is -1.95. The van der Waals surface area contributed by atoms with Crippen molar-refractivity contribution in [3.8, 4) is 0 Å². The number of Topliss-reactive ketones (excluding diaryl/α,β-unsaturated/α-hetero) is 1. The van der Waals surface area contributed by atoms with E-state index >= 15 is 0 Å². The summed E-state index contributed by atoms with van der Waals surface area (Å²) in [7, 11) is 0. The number of aromatic nitrogens is 1. The van der Waals surface area contributed by atoms with Gasteiger partial charge >= 0.3 is 0 Å². The van der Waals surface area contributed by atoms with Crippen LogP contribution in [0.1, 0.15) is 34.4 Å². The second-order valence-electron chi connectivity index (χ2n) is 2.84. The first-order valence-corrected chi connectivity index (χ1v) is 4.65. The van der Waals surface area contributed by atoms with E-state index in [1.807, 2.05) is 0 Å². The minimum atomic E-state index is -0.0283. The molecule has 1 rings (SSSR count). The molecule has 0 atom stereocenters. The Bertz CT molecular complexity index is 280. The lowest BCUT2D eigenvalue weighted by molar-refractivity contribution is 0.100. The van der Waals surface area contributed by atoms with Gasteiger partial charge in [-0.25, -0.2) is 4.98 Å². The van der Waals surface area contributed by atoms with Crippen LogP contribution in [0.3, 0.4) is 0 Å². The van der Waals surface area contributed by atoms with Gasteiger partial charge in [-0.15, -0.1) is 11.3 Å². The van der Waals surface area contributed by atoms with Crippen LogP contribution in [0.2, 0.25) is 0 Å². The molecule has 0 amide bonds. The Hall–Kier alpha value is -0.740. The minimum absolute atomic E-state index is 0.0283. The van der Waals surface area contributed by atoms with Gasteiger partial charge in [0.05, 0.1) is 16.4 Å². The van der Waals surface area contributed by atoms with Crippen LogP contribution < -0.4 is 5.73 Å². The average Bonchev–Trinajstić information content (AvgIpc) is 2.51. The van der Waals surface area contributed by atoms with Crippen LogP contribution in [-0.2, 0) is 0 Å². The van der Waals surface area contributed by atoms with Gasteiger partial charge in [0.1, 0.15) is 0 Å². The number of hydrogen-bond donors (Lipinski definition) is 1. The zero-order valence-corrected chi connectivity index (χ0v) is 8.02. The molecule has 0 aliphatic carbocycles. The molecule has 0 unspecified atom stereocenters. The predicted molar refractivity (Wildman–Crippen MR) is 49.6 cm³/mol. The molecule has 1 heterocycles. The third kappa shape index (κ3) is 1.89. The molecule has 3 nitrogen and oxygen atoms in total. The Balaban J connectivity index is 2.84. The zero-order valence-electron chi connectivity index (χ0n) is 7.20. The summed E-state index contributed by atoms with van der Waals surface area (Å²) in [5.74, 6) is 0.355. The molecule has 0 bridgehead atoms. The van der Waals surface area contributed by atoms with Gasteiger partial charge < -0.3 is 5.73 Å². The van der Waals surface area contributed by atoms with E-state index in [0.29, 0.717) is 10.8 Å². The van der Waals surface area contributed by atoms with E-state index in [0.717, 1.165) is 5.01 Å². The smallest absolute Gasteiger partial charge is 0.187 e. The van der Waals surface area contributed by atoms with Crippen molar-refractivity contribution < 1.29 is 4.79 Å². The predicted octanol–water partition coefficient (Wildman–Crippen LogP) is 1.41. The highest BCUT2D eigenvalue weighted by Gasteiger charge is 2.10. The molecule has 0 spiro atoms. The van der Waals surface area contributed by atoms with Crippen molar-refractivity contribution in [3.63, 3.8) is 0 Å². The number of carbonyl (C=O) groups excluding carboxylic acids is 1. The molecule has 0 saturated carbocycles. The molecule has 66 valence electrons. The van der Waals surface area contributed by atoms with Crippen molar-refractivity contribution in [2.24, 2.45) is 5.73 Å². The average molecular weight is 184 g/mol. The van der Waals surface area contributed by atoms with E-state index in [9.17, 15) is 4.79 Å².